The summed E-state index contributed by atoms with van der Waals surface area (Å²) in [5.41, 5.74) is 7.42. The molecule has 0 spiro atoms. The van der Waals surface area contributed by atoms with Crippen LogP contribution in [0.5, 0.6) is 0 Å². The molecule has 1 aliphatic rings. The molecule has 1 saturated heterocycles. The van der Waals surface area contributed by atoms with Crippen molar-refractivity contribution in [2.75, 3.05) is 12.3 Å². The van der Waals surface area contributed by atoms with E-state index >= 15 is 0 Å². The molecule has 5 rings (SSSR count). The van der Waals surface area contributed by atoms with Crippen LogP contribution in [-0.4, -0.2) is 37.2 Å². The normalized spacial score (nSPS) is 15.8. The van der Waals surface area contributed by atoms with E-state index in [9.17, 15) is 15.3 Å². The first-order valence-corrected chi connectivity index (χ1v) is 10.6. The standard InChI is InChI=1S/C21H15BrN8O2/c22-10-3-4-13-12(6-10)21(31)29-19(27-13)16-17-20(28-15(8-24)14(7-23)26-17)30(18(16)25)9-11-2-1-5-32-11/h3-4,6,11H,1-2,5,9,25H2,(H,27,29,31). The van der Waals surface area contributed by atoms with Crippen LogP contribution in [0.2, 0.25) is 0 Å². The van der Waals surface area contributed by atoms with Gasteiger partial charge in [0.05, 0.1) is 29.1 Å². The number of nitrogen functional groups attached to an aromatic ring is 1. The molecular weight excluding hydrogens is 476 g/mol. The molecule has 10 nitrogen and oxygen atoms in total. The average Bonchev–Trinajstić information content (AvgIpc) is 3.39. The maximum Gasteiger partial charge on any atom is 0.259 e. The number of halogens is 1. The lowest BCUT2D eigenvalue weighted by Crippen LogP contribution is -2.17. The maximum absolute atomic E-state index is 12.8. The Hall–Kier alpha value is -3.80. The van der Waals surface area contributed by atoms with Crippen molar-refractivity contribution in [1.29, 1.82) is 10.5 Å². The maximum atomic E-state index is 12.8. The minimum atomic E-state index is -0.340. The Kier molecular flexibility index (Phi) is 4.85. The van der Waals surface area contributed by atoms with Gasteiger partial charge in [-0.2, -0.15) is 10.5 Å². The fourth-order valence-corrected chi connectivity index (χ4v) is 4.31. The van der Waals surface area contributed by atoms with Crippen LogP contribution in [0.25, 0.3) is 33.5 Å². The summed E-state index contributed by atoms with van der Waals surface area (Å²) in [6.07, 6.45) is 1.74. The molecule has 1 unspecified atom stereocenters. The fourth-order valence-electron chi connectivity index (χ4n) is 3.95. The number of fused-ring (bicyclic) bond motifs is 2. The van der Waals surface area contributed by atoms with Gasteiger partial charge < -0.3 is 20.0 Å². The Balaban J connectivity index is 1.81. The first kappa shape index (κ1) is 20.1. The van der Waals surface area contributed by atoms with Crippen LogP contribution in [-0.2, 0) is 11.3 Å². The molecule has 4 aromatic rings. The number of aromatic amines is 1. The molecule has 4 heterocycles. The number of nitriles is 2. The Morgan fingerprint density at radius 1 is 1.25 bits per heavy atom. The second-order valence-electron chi connectivity index (χ2n) is 7.40. The summed E-state index contributed by atoms with van der Waals surface area (Å²) in [6.45, 7) is 1.07. The van der Waals surface area contributed by atoms with Crippen LogP contribution in [0.3, 0.4) is 0 Å². The topological polar surface area (TPSA) is 159 Å². The number of anilines is 1. The number of hydrogen-bond acceptors (Lipinski definition) is 8. The van der Waals surface area contributed by atoms with Crippen LogP contribution < -0.4 is 11.3 Å². The summed E-state index contributed by atoms with van der Waals surface area (Å²) < 4.78 is 8.21. The van der Waals surface area contributed by atoms with E-state index in [1.165, 1.54) is 0 Å². The number of benzene rings is 1. The SMILES string of the molecule is N#Cc1nc2c(-c3nc4ccc(Br)cc4c(=O)[nH]3)c(N)n(CC3CCCO3)c2nc1C#N. The van der Waals surface area contributed by atoms with Gasteiger partial charge in [-0.25, -0.2) is 15.0 Å². The molecule has 0 bridgehead atoms. The van der Waals surface area contributed by atoms with Crippen LogP contribution >= 0.6 is 15.9 Å². The van der Waals surface area contributed by atoms with Crippen molar-refractivity contribution in [3.8, 4) is 23.5 Å². The van der Waals surface area contributed by atoms with Gasteiger partial charge in [-0.15, -0.1) is 0 Å². The van der Waals surface area contributed by atoms with E-state index in [1.54, 1.807) is 22.8 Å². The van der Waals surface area contributed by atoms with E-state index in [0.29, 0.717) is 35.3 Å². The van der Waals surface area contributed by atoms with Crippen LogP contribution in [0.4, 0.5) is 5.82 Å². The molecule has 0 radical (unpaired) electrons. The molecule has 158 valence electrons. The summed E-state index contributed by atoms with van der Waals surface area (Å²) in [4.78, 5) is 28.9. The van der Waals surface area contributed by atoms with Gasteiger partial charge in [-0.1, -0.05) is 15.9 Å². The lowest BCUT2D eigenvalue weighted by Gasteiger charge is -2.13. The number of nitrogens with two attached hydrogens (primary N) is 1. The van der Waals surface area contributed by atoms with E-state index in [4.69, 9.17) is 10.5 Å². The highest BCUT2D eigenvalue weighted by Crippen LogP contribution is 2.35. The van der Waals surface area contributed by atoms with Gasteiger partial charge in [0.25, 0.3) is 5.56 Å². The van der Waals surface area contributed by atoms with Gasteiger partial charge in [0, 0.05) is 11.1 Å². The third-order valence-electron chi connectivity index (χ3n) is 5.44. The number of nitrogens with one attached hydrogen (secondary N) is 1. The molecule has 0 saturated carbocycles. The minimum Gasteiger partial charge on any atom is -0.384 e. The molecule has 32 heavy (non-hydrogen) atoms. The molecule has 1 aliphatic heterocycles. The van der Waals surface area contributed by atoms with E-state index in [1.807, 2.05) is 12.1 Å². The third-order valence-corrected chi connectivity index (χ3v) is 5.94. The monoisotopic (exact) mass is 490 g/mol. The van der Waals surface area contributed by atoms with Gasteiger partial charge in [0.2, 0.25) is 0 Å². The van der Waals surface area contributed by atoms with Crippen molar-refractivity contribution in [1.82, 2.24) is 24.5 Å². The van der Waals surface area contributed by atoms with E-state index in [0.717, 1.165) is 17.3 Å². The number of ether oxygens (including phenoxy) is 1. The smallest absolute Gasteiger partial charge is 0.259 e. The zero-order valence-corrected chi connectivity index (χ0v) is 18.2. The molecule has 0 amide bonds. The van der Waals surface area contributed by atoms with Gasteiger partial charge in [0.15, 0.2) is 17.0 Å². The number of hydrogen-bond donors (Lipinski definition) is 2. The van der Waals surface area contributed by atoms with Gasteiger partial charge in [-0.3, -0.25) is 4.79 Å². The molecular formula is C21H15BrN8O2. The van der Waals surface area contributed by atoms with E-state index < -0.39 is 0 Å². The second kappa shape index (κ2) is 7.71. The Morgan fingerprint density at radius 2 is 2.03 bits per heavy atom. The average molecular weight is 491 g/mol. The molecule has 1 aromatic carbocycles. The third kappa shape index (κ3) is 3.19. The number of aromatic nitrogens is 5. The first-order chi connectivity index (χ1) is 15.5. The van der Waals surface area contributed by atoms with Crippen LogP contribution in [0, 0.1) is 22.7 Å². The highest BCUT2D eigenvalue weighted by Gasteiger charge is 2.26. The van der Waals surface area contributed by atoms with Gasteiger partial charge >= 0.3 is 0 Å². The van der Waals surface area contributed by atoms with E-state index in [2.05, 4.69) is 35.9 Å². The van der Waals surface area contributed by atoms with E-state index in [-0.39, 0.29) is 40.2 Å². The summed E-state index contributed by atoms with van der Waals surface area (Å²) in [5, 5.41) is 19.3. The molecule has 1 fully saturated rings. The van der Waals surface area contributed by atoms with Gasteiger partial charge in [0.1, 0.15) is 29.3 Å². The van der Waals surface area contributed by atoms with Crippen molar-refractivity contribution < 1.29 is 4.74 Å². The van der Waals surface area contributed by atoms with Gasteiger partial charge in [-0.05, 0) is 31.0 Å². The van der Waals surface area contributed by atoms with Crippen LogP contribution in [0.1, 0.15) is 24.2 Å². The van der Waals surface area contributed by atoms with Crippen molar-refractivity contribution >= 4 is 43.8 Å². The predicted molar refractivity (Wildman–Crippen MR) is 119 cm³/mol. The summed E-state index contributed by atoms with van der Waals surface area (Å²) in [5.74, 6) is 0.482. The quantitative estimate of drug-likeness (QED) is 0.442. The Morgan fingerprint density at radius 3 is 2.75 bits per heavy atom. The number of nitrogens with zero attached hydrogens (tertiary/aromatic N) is 6. The second-order valence-corrected chi connectivity index (χ2v) is 8.31. The summed E-state index contributed by atoms with van der Waals surface area (Å²) in [7, 11) is 0. The lowest BCUT2D eigenvalue weighted by atomic mass is 10.2. The molecule has 3 N–H and O–H groups in total. The Bertz CT molecular complexity index is 1540. The van der Waals surface area contributed by atoms with Crippen molar-refractivity contribution in [2.45, 2.75) is 25.5 Å². The largest absolute Gasteiger partial charge is 0.384 e. The zero-order valence-electron chi connectivity index (χ0n) is 16.6. The van der Waals surface area contributed by atoms with Crippen molar-refractivity contribution in [3.63, 3.8) is 0 Å². The molecule has 11 heteroatoms. The summed E-state index contributed by atoms with van der Waals surface area (Å²) in [6, 6.07) is 9.00. The highest BCUT2D eigenvalue weighted by atomic mass is 79.9. The first-order valence-electron chi connectivity index (χ1n) is 9.81. The lowest BCUT2D eigenvalue weighted by molar-refractivity contribution is 0.0983. The Labute approximate surface area is 189 Å². The van der Waals surface area contributed by atoms with Crippen LogP contribution in [0.15, 0.2) is 27.5 Å². The molecule has 0 aliphatic carbocycles. The predicted octanol–water partition coefficient (Wildman–Crippen LogP) is 2.60. The highest BCUT2D eigenvalue weighted by molar-refractivity contribution is 9.10. The van der Waals surface area contributed by atoms with Crippen molar-refractivity contribution in [3.05, 3.63) is 44.4 Å². The van der Waals surface area contributed by atoms with Crippen molar-refractivity contribution in [2.24, 2.45) is 0 Å². The number of rotatable bonds is 3. The zero-order chi connectivity index (χ0) is 22.4. The number of H-pyrrole nitrogens is 1. The summed E-state index contributed by atoms with van der Waals surface area (Å²) >= 11 is 3.36. The minimum absolute atomic E-state index is 0.0651. The fraction of sp³-hybridized carbons (Fsp3) is 0.238. The molecule has 1 atom stereocenters. The molecule has 3 aromatic heterocycles.